The number of urea groups is 1. The van der Waals surface area contributed by atoms with E-state index in [-0.39, 0.29) is 0 Å². The molecule has 0 aliphatic rings. The molecule has 5 nitrogen and oxygen atoms in total. The number of amides is 3. The SMILES string of the molecule is O=C(NC(=O)c1c(F)cccc1F)Nc1ccc(OCCc2ccccc2)c(-c2ccccc2)c1. The molecular weight excluding hydrogens is 450 g/mol. The van der Waals surface area contributed by atoms with E-state index in [4.69, 9.17) is 4.74 Å². The van der Waals surface area contributed by atoms with E-state index < -0.39 is 29.1 Å². The average molecular weight is 472 g/mol. The van der Waals surface area contributed by atoms with Crippen molar-refractivity contribution in [3.63, 3.8) is 0 Å². The Kier molecular flexibility index (Phi) is 7.47. The normalized spacial score (nSPS) is 10.5. The molecule has 2 N–H and O–H groups in total. The summed E-state index contributed by atoms with van der Waals surface area (Å²) >= 11 is 0. The Morgan fingerprint density at radius 1 is 0.771 bits per heavy atom. The van der Waals surface area contributed by atoms with E-state index in [0.29, 0.717) is 18.0 Å². The number of benzene rings is 4. The lowest BCUT2D eigenvalue weighted by Crippen LogP contribution is -2.35. The van der Waals surface area contributed by atoms with Crippen LogP contribution in [0, 0.1) is 11.6 Å². The highest BCUT2D eigenvalue weighted by atomic mass is 19.1. The van der Waals surface area contributed by atoms with Crippen LogP contribution in [0.5, 0.6) is 5.75 Å². The molecule has 176 valence electrons. The molecule has 0 unspecified atom stereocenters. The van der Waals surface area contributed by atoms with Crippen molar-refractivity contribution in [3.8, 4) is 16.9 Å². The fraction of sp³-hybridized carbons (Fsp3) is 0.0714. The molecule has 0 radical (unpaired) electrons. The third kappa shape index (κ3) is 6.09. The first-order valence-electron chi connectivity index (χ1n) is 10.9. The van der Waals surface area contributed by atoms with Crippen LogP contribution in [0.1, 0.15) is 15.9 Å². The lowest BCUT2D eigenvalue weighted by molar-refractivity contribution is 0.0959. The van der Waals surface area contributed by atoms with Crippen LogP contribution >= 0.6 is 0 Å². The van der Waals surface area contributed by atoms with Gasteiger partial charge >= 0.3 is 6.03 Å². The van der Waals surface area contributed by atoms with Crippen LogP contribution in [0.2, 0.25) is 0 Å². The van der Waals surface area contributed by atoms with E-state index >= 15 is 0 Å². The van der Waals surface area contributed by atoms with Crippen LogP contribution in [0.4, 0.5) is 19.3 Å². The van der Waals surface area contributed by atoms with Crippen molar-refractivity contribution in [1.82, 2.24) is 5.32 Å². The summed E-state index contributed by atoms with van der Waals surface area (Å²) in [6, 6.07) is 26.6. The van der Waals surface area contributed by atoms with E-state index in [1.54, 1.807) is 18.2 Å². The van der Waals surface area contributed by atoms with Crippen molar-refractivity contribution < 1.29 is 23.1 Å². The number of carbonyl (C=O) groups excluding carboxylic acids is 2. The zero-order chi connectivity index (χ0) is 24.6. The summed E-state index contributed by atoms with van der Waals surface area (Å²) in [5.41, 5.74) is 2.31. The maximum atomic E-state index is 13.8. The molecule has 4 aromatic carbocycles. The minimum atomic E-state index is -1.18. The molecule has 0 heterocycles. The predicted molar refractivity (Wildman–Crippen MR) is 130 cm³/mol. The summed E-state index contributed by atoms with van der Waals surface area (Å²) in [5.74, 6) is -2.66. The van der Waals surface area contributed by atoms with Crippen molar-refractivity contribution >= 4 is 17.6 Å². The molecule has 7 heteroatoms. The highest BCUT2D eigenvalue weighted by Crippen LogP contribution is 2.33. The number of nitrogens with one attached hydrogen (secondary N) is 2. The minimum Gasteiger partial charge on any atom is -0.493 e. The molecule has 3 amide bonds. The fourth-order valence-corrected chi connectivity index (χ4v) is 3.54. The van der Waals surface area contributed by atoms with Gasteiger partial charge in [-0.1, -0.05) is 66.7 Å². The number of ether oxygens (including phenoxy) is 1. The van der Waals surface area contributed by atoms with Gasteiger partial charge in [0, 0.05) is 17.7 Å². The van der Waals surface area contributed by atoms with Gasteiger partial charge in [0.15, 0.2) is 0 Å². The van der Waals surface area contributed by atoms with Crippen LogP contribution in [0.3, 0.4) is 0 Å². The van der Waals surface area contributed by atoms with Crippen LogP contribution in [-0.4, -0.2) is 18.5 Å². The molecular formula is C28H22F2N2O3. The fourth-order valence-electron chi connectivity index (χ4n) is 3.54. The molecule has 0 aliphatic heterocycles. The van der Waals surface area contributed by atoms with E-state index in [0.717, 1.165) is 41.3 Å². The molecule has 0 aromatic heterocycles. The van der Waals surface area contributed by atoms with Gasteiger partial charge in [0.2, 0.25) is 0 Å². The lowest BCUT2D eigenvalue weighted by Gasteiger charge is -2.14. The summed E-state index contributed by atoms with van der Waals surface area (Å²) in [7, 11) is 0. The molecule has 4 rings (SSSR count). The van der Waals surface area contributed by atoms with Gasteiger partial charge in [-0.25, -0.2) is 13.6 Å². The first-order chi connectivity index (χ1) is 17.0. The van der Waals surface area contributed by atoms with E-state index in [9.17, 15) is 18.4 Å². The zero-order valence-corrected chi connectivity index (χ0v) is 18.6. The summed E-state index contributed by atoms with van der Waals surface area (Å²) < 4.78 is 33.7. The Morgan fingerprint density at radius 2 is 1.43 bits per heavy atom. The third-order valence-corrected chi connectivity index (χ3v) is 5.23. The highest BCUT2D eigenvalue weighted by molar-refractivity contribution is 6.08. The van der Waals surface area contributed by atoms with Crippen LogP contribution in [0.15, 0.2) is 97.1 Å². The number of rotatable bonds is 7. The van der Waals surface area contributed by atoms with Gasteiger partial charge in [-0.15, -0.1) is 0 Å². The quantitative estimate of drug-likeness (QED) is 0.336. The first kappa shape index (κ1) is 23.6. The van der Waals surface area contributed by atoms with Gasteiger partial charge in [-0.3, -0.25) is 10.1 Å². The maximum absolute atomic E-state index is 13.8. The summed E-state index contributed by atoms with van der Waals surface area (Å²) in [5, 5.41) is 4.48. The Hall–Kier alpha value is -4.52. The Bertz CT molecular complexity index is 1310. The summed E-state index contributed by atoms with van der Waals surface area (Å²) in [6.45, 7) is 0.458. The van der Waals surface area contributed by atoms with Crippen LogP contribution in [-0.2, 0) is 6.42 Å². The van der Waals surface area contributed by atoms with Gasteiger partial charge in [-0.2, -0.15) is 0 Å². The van der Waals surface area contributed by atoms with E-state index in [2.05, 4.69) is 5.32 Å². The number of hydrogen-bond donors (Lipinski definition) is 2. The lowest BCUT2D eigenvalue weighted by atomic mass is 10.0. The van der Waals surface area contributed by atoms with Gasteiger partial charge in [0.25, 0.3) is 5.91 Å². The van der Waals surface area contributed by atoms with E-state index in [1.807, 2.05) is 66.0 Å². The molecule has 0 saturated carbocycles. The summed E-state index contributed by atoms with van der Waals surface area (Å²) in [4.78, 5) is 24.6. The molecule has 0 spiro atoms. The maximum Gasteiger partial charge on any atom is 0.326 e. The molecule has 4 aromatic rings. The van der Waals surface area contributed by atoms with Crippen LogP contribution < -0.4 is 15.4 Å². The smallest absolute Gasteiger partial charge is 0.326 e. The second-order valence-corrected chi connectivity index (χ2v) is 7.67. The van der Waals surface area contributed by atoms with Gasteiger partial charge in [0.1, 0.15) is 22.9 Å². The van der Waals surface area contributed by atoms with E-state index in [1.165, 1.54) is 0 Å². The number of carbonyl (C=O) groups is 2. The second kappa shape index (κ2) is 11.1. The molecule has 0 bridgehead atoms. The van der Waals surface area contributed by atoms with Gasteiger partial charge < -0.3 is 10.1 Å². The Balaban J connectivity index is 1.49. The average Bonchev–Trinajstić information content (AvgIpc) is 2.86. The third-order valence-electron chi connectivity index (χ3n) is 5.23. The predicted octanol–water partition coefficient (Wildman–Crippen LogP) is 6.22. The molecule has 0 saturated heterocycles. The molecule has 0 atom stereocenters. The van der Waals surface area contributed by atoms with Gasteiger partial charge in [-0.05, 0) is 41.5 Å². The first-order valence-corrected chi connectivity index (χ1v) is 10.9. The number of hydrogen-bond acceptors (Lipinski definition) is 3. The zero-order valence-electron chi connectivity index (χ0n) is 18.6. The van der Waals surface area contributed by atoms with Crippen LogP contribution in [0.25, 0.3) is 11.1 Å². The Morgan fingerprint density at radius 3 is 2.11 bits per heavy atom. The topological polar surface area (TPSA) is 67.4 Å². The van der Waals surface area contributed by atoms with Crippen molar-refractivity contribution in [2.75, 3.05) is 11.9 Å². The van der Waals surface area contributed by atoms with Crippen molar-refractivity contribution in [1.29, 1.82) is 0 Å². The largest absolute Gasteiger partial charge is 0.493 e. The molecule has 0 aliphatic carbocycles. The minimum absolute atomic E-state index is 0.374. The van der Waals surface area contributed by atoms with Gasteiger partial charge in [0.05, 0.1) is 6.61 Å². The summed E-state index contributed by atoms with van der Waals surface area (Å²) in [6.07, 6.45) is 0.728. The number of imide groups is 1. The van der Waals surface area contributed by atoms with Crippen molar-refractivity contribution in [2.45, 2.75) is 6.42 Å². The highest BCUT2D eigenvalue weighted by Gasteiger charge is 2.19. The van der Waals surface area contributed by atoms with Crippen molar-refractivity contribution in [3.05, 3.63) is 120 Å². The Labute approximate surface area is 201 Å². The second-order valence-electron chi connectivity index (χ2n) is 7.67. The van der Waals surface area contributed by atoms with Crippen molar-refractivity contribution in [2.24, 2.45) is 0 Å². The molecule has 0 fully saturated rings. The molecule has 35 heavy (non-hydrogen) atoms. The monoisotopic (exact) mass is 472 g/mol. The number of anilines is 1. The standard InChI is InChI=1S/C28H22F2N2O3/c29-23-12-7-13-24(30)26(23)27(33)32-28(34)31-21-14-15-25(22(18-21)20-10-5-2-6-11-20)35-17-16-19-8-3-1-4-9-19/h1-15,18H,16-17H2,(H2,31,32,33,34). The number of halogens is 2.